The summed E-state index contributed by atoms with van der Waals surface area (Å²) < 4.78 is 0. The summed E-state index contributed by atoms with van der Waals surface area (Å²) in [6.07, 6.45) is 8.48. The molecule has 1 aliphatic carbocycles. The Bertz CT molecular complexity index is 342. The highest BCUT2D eigenvalue weighted by molar-refractivity contribution is 5.85. The molecule has 3 nitrogen and oxygen atoms in total. The SMILES string of the molecule is CC1(C)CCCC(C)(C)N1OC1C=CCCC1=O. The van der Waals surface area contributed by atoms with Crippen molar-refractivity contribution >= 4 is 5.78 Å². The maximum atomic E-state index is 11.9. The van der Waals surface area contributed by atoms with Crippen molar-refractivity contribution in [2.24, 2.45) is 0 Å². The van der Waals surface area contributed by atoms with Gasteiger partial charge in [-0.2, -0.15) is 5.06 Å². The second-order valence-electron chi connectivity index (χ2n) is 6.73. The zero-order valence-corrected chi connectivity index (χ0v) is 12.0. The first-order chi connectivity index (χ1) is 8.33. The maximum absolute atomic E-state index is 11.9. The third-order valence-electron chi connectivity index (χ3n) is 4.08. The number of nitrogens with zero attached hydrogens (tertiary/aromatic N) is 1. The number of carbonyl (C=O) groups is 1. The lowest BCUT2D eigenvalue weighted by Gasteiger charge is -2.52. The minimum Gasteiger partial charge on any atom is -0.296 e. The molecule has 2 rings (SSSR count). The Morgan fingerprint density at radius 2 is 1.83 bits per heavy atom. The van der Waals surface area contributed by atoms with Crippen molar-refractivity contribution in [1.82, 2.24) is 5.06 Å². The predicted octanol–water partition coefficient (Wildman–Crippen LogP) is 3.25. The van der Waals surface area contributed by atoms with Gasteiger partial charge < -0.3 is 0 Å². The van der Waals surface area contributed by atoms with Gasteiger partial charge >= 0.3 is 0 Å². The number of carbonyl (C=O) groups excluding carboxylic acids is 1. The normalized spacial score (nSPS) is 31.6. The molecule has 0 radical (unpaired) electrons. The molecule has 1 atom stereocenters. The summed E-state index contributed by atoms with van der Waals surface area (Å²) >= 11 is 0. The van der Waals surface area contributed by atoms with Crippen molar-refractivity contribution in [3.05, 3.63) is 12.2 Å². The Balaban J connectivity index is 2.16. The Labute approximate surface area is 110 Å². The van der Waals surface area contributed by atoms with Crippen LogP contribution in [0.3, 0.4) is 0 Å². The van der Waals surface area contributed by atoms with Crippen LogP contribution in [0.1, 0.15) is 59.8 Å². The quantitative estimate of drug-likeness (QED) is 0.706. The van der Waals surface area contributed by atoms with E-state index in [1.807, 2.05) is 6.08 Å². The first-order valence-corrected chi connectivity index (χ1v) is 6.99. The van der Waals surface area contributed by atoms with Crippen molar-refractivity contribution in [1.29, 1.82) is 0 Å². The lowest BCUT2D eigenvalue weighted by atomic mass is 9.82. The molecular formula is C15H25NO2. The van der Waals surface area contributed by atoms with E-state index in [1.165, 1.54) is 6.42 Å². The van der Waals surface area contributed by atoms with E-state index in [-0.39, 0.29) is 23.0 Å². The summed E-state index contributed by atoms with van der Waals surface area (Å²) in [5.74, 6) is 0.203. The topological polar surface area (TPSA) is 29.5 Å². The van der Waals surface area contributed by atoms with Gasteiger partial charge in [0.2, 0.25) is 0 Å². The van der Waals surface area contributed by atoms with Gasteiger partial charge in [0.1, 0.15) is 0 Å². The van der Waals surface area contributed by atoms with E-state index >= 15 is 0 Å². The lowest BCUT2D eigenvalue weighted by molar-refractivity contribution is -0.291. The molecule has 2 aliphatic rings. The number of ketones is 1. The molecule has 1 heterocycles. The van der Waals surface area contributed by atoms with Crippen LogP contribution < -0.4 is 0 Å². The number of piperidine rings is 1. The molecule has 3 heteroatoms. The zero-order valence-electron chi connectivity index (χ0n) is 12.0. The van der Waals surface area contributed by atoms with Crippen molar-refractivity contribution in [2.75, 3.05) is 0 Å². The maximum Gasteiger partial charge on any atom is 0.167 e. The molecule has 18 heavy (non-hydrogen) atoms. The zero-order chi connectivity index (χ0) is 13.4. The van der Waals surface area contributed by atoms with E-state index in [9.17, 15) is 4.79 Å². The molecule has 102 valence electrons. The third-order valence-corrected chi connectivity index (χ3v) is 4.08. The van der Waals surface area contributed by atoms with Gasteiger partial charge in [0, 0.05) is 17.5 Å². The van der Waals surface area contributed by atoms with Gasteiger partial charge in [-0.05, 0) is 53.4 Å². The minimum atomic E-state index is -0.379. The van der Waals surface area contributed by atoms with E-state index in [0.29, 0.717) is 6.42 Å². The van der Waals surface area contributed by atoms with Crippen LogP contribution in [0.5, 0.6) is 0 Å². The fraction of sp³-hybridized carbons (Fsp3) is 0.800. The third kappa shape index (κ3) is 2.67. The molecule has 0 spiro atoms. The van der Waals surface area contributed by atoms with Crippen LogP contribution in [0.4, 0.5) is 0 Å². The Morgan fingerprint density at radius 1 is 1.22 bits per heavy atom. The van der Waals surface area contributed by atoms with E-state index in [4.69, 9.17) is 4.84 Å². The van der Waals surface area contributed by atoms with Crippen molar-refractivity contribution in [2.45, 2.75) is 77.0 Å². The average Bonchev–Trinajstić information content (AvgIpc) is 2.25. The largest absolute Gasteiger partial charge is 0.296 e. The van der Waals surface area contributed by atoms with E-state index in [1.54, 1.807) is 0 Å². The summed E-state index contributed by atoms with van der Waals surface area (Å²) in [7, 11) is 0. The standard InChI is InChI=1S/C15H25NO2/c1-14(2)10-7-11-15(3,4)16(14)18-13-9-6-5-8-12(13)17/h6,9,13H,5,7-8,10-11H2,1-4H3. The highest BCUT2D eigenvalue weighted by Crippen LogP contribution is 2.39. The van der Waals surface area contributed by atoms with Crippen molar-refractivity contribution < 1.29 is 9.63 Å². The average molecular weight is 251 g/mol. The highest BCUT2D eigenvalue weighted by atomic mass is 16.7. The molecule has 0 saturated carbocycles. The number of allylic oxidation sites excluding steroid dienone is 1. The van der Waals surface area contributed by atoms with Crippen LogP contribution in [-0.4, -0.2) is 28.0 Å². The van der Waals surface area contributed by atoms with Gasteiger partial charge in [0.15, 0.2) is 11.9 Å². The number of rotatable bonds is 2. The van der Waals surface area contributed by atoms with Crippen LogP contribution in [-0.2, 0) is 9.63 Å². The number of hydroxylamine groups is 2. The van der Waals surface area contributed by atoms with Gasteiger partial charge in [-0.1, -0.05) is 12.2 Å². The summed E-state index contributed by atoms with van der Waals surface area (Å²) in [6, 6.07) is 0. The molecular weight excluding hydrogens is 226 g/mol. The monoisotopic (exact) mass is 251 g/mol. The molecule has 1 saturated heterocycles. The summed E-state index contributed by atoms with van der Waals surface area (Å²) in [4.78, 5) is 18.0. The smallest absolute Gasteiger partial charge is 0.167 e. The minimum absolute atomic E-state index is 0.00663. The second-order valence-corrected chi connectivity index (χ2v) is 6.73. The number of hydrogen-bond donors (Lipinski definition) is 0. The Hall–Kier alpha value is -0.670. The molecule has 1 unspecified atom stereocenters. The van der Waals surface area contributed by atoms with Crippen LogP contribution >= 0.6 is 0 Å². The van der Waals surface area contributed by atoms with Gasteiger partial charge in [-0.25, -0.2) is 0 Å². The molecule has 0 aromatic heterocycles. The van der Waals surface area contributed by atoms with Crippen LogP contribution in [0, 0.1) is 0 Å². The first kappa shape index (κ1) is 13.8. The van der Waals surface area contributed by atoms with Gasteiger partial charge in [-0.15, -0.1) is 0 Å². The van der Waals surface area contributed by atoms with E-state index in [2.05, 4.69) is 38.8 Å². The number of Topliss-reactive ketones (excluding diaryl/α,β-unsaturated/α-hetero) is 1. The molecule has 0 amide bonds. The van der Waals surface area contributed by atoms with E-state index in [0.717, 1.165) is 19.3 Å². The second kappa shape index (κ2) is 4.78. The van der Waals surface area contributed by atoms with Crippen LogP contribution in [0.25, 0.3) is 0 Å². The molecule has 0 aromatic carbocycles. The fourth-order valence-corrected chi connectivity index (χ4v) is 3.16. The molecule has 1 fully saturated rings. The predicted molar refractivity (Wildman–Crippen MR) is 72.1 cm³/mol. The van der Waals surface area contributed by atoms with E-state index < -0.39 is 0 Å². The summed E-state index contributed by atoms with van der Waals surface area (Å²) in [6.45, 7) is 8.80. The number of hydrogen-bond acceptors (Lipinski definition) is 3. The van der Waals surface area contributed by atoms with Crippen LogP contribution in [0.2, 0.25) is 0 Å². The van der Waals surface area contributed by atoms with Crippen molar-refractivity contribution in [3.8, 4) is 0 Å². The van der Waals surface area contributed by atoms with Crippen LogP contribution in [0.15, 0.2) is 12.2 Å². The van der Waals surface area contributed by atoms with Crippen molar-refractivity contribution in [3.63, 3.8) is 0 Å². The fourth-order valence-electron chi connectivity index (χ4n) is 3.16. The highest BCUT2D eigenvalue weighted by Gasteiger charge is 2.44. The summed E-state index contributed by atoms with van der Waals surface area (Å²) in [5, 5.41) is 2.07. The summed E-state index contributed by atoms with van der Waals surface area (Å²) in [5.41, 5.74) is -0.0133. The molecule has 0 N–H and O–H groups in total. The molecule has 1 aliphatic heterocycles. The molecule has 0 bridgehead atoms. The lowest BCUT2D eigenvalue weighted by Crippen LogP contribution is -2.59. The first-order valence-electron chi connectivity index (χ1n) is 6.99. The van der Waals surface area contributed by atoms with Gasteiger partial charge in [0.25, 0.3) is 0 Å². The van der Waals surface area contributed by atoms with Gasteiger partial charge in [-0.3, -0.25) is 9.63 Å². The Kier molecular flexibility index (Phi) is 3.65. The van der Waals surface area contributed by atoms with Gasteiger partial charge in [0.05, 0.1) is 0 Å². The molecule has 0 aromatic rings. The Morgan fingerprint density at radius 3 is 2.39 bits per heavy atom.